The van der Waals surface area contributed by atoms with E-state index in [0.717, 1.165) is 21.3 Å². The quantitative estimate of drug-likeness (QED) is 0.893. The fraction of sp³-hybridized carbons (Fsp3) is 0.294. The maximum absolute atomic E-state index is 6.46. The minimum absolute atomic E-state index is 0.202. The zero-order valence-corrected chi connectivity index (χ0v) is 13.7. The highest BCUT2D eigenvalue weighted by Crippen LogP contribution is 2.33. The van der Waals surface area contributed by atoms with Crippen molar-refractivity contribution in [2.45, 2.75) is 26.8 Å². The molecule has 0 saturated heterocycles. The van der Waals surface area contributed by atoms with Crippen LogP contribution >= 0.6 is 15.9 Å². The second kappa shape index (κ2) is 6.42. The monoisotopic (exact) mass is 333 g/mol. The van der Waals surface area contributed by atoms with Crippen LogP contribution < -0.4 is 10.5 Å². The standard InChI is InChI=1S/C17H20BrNO/c1-4-20-16-8-6-11(2)9-14(16)17(19)13-7-5-12(3)10-15(13)18/h5-10,17H,4,19H2,1-3H3. The van der Waals surface area contributed by atoms with E-state index in [0.29, 0.717) is 6.61 Å². The average molecular weight is 334 g/mol. The van der Waals surface area contributed by atoms with Gasteiger partial charge in [-0.15, -0.1) is 0 Å². The zero-order valence-electron chi connectivity index (χ0n) is 12.1. The number of aryl methyl sites for hydroxylation is 2. The van der Waals surface area contributed by atoms with Crippen LogP contribution in [0.5, 0.6) is 5.75 Å². The van der Waals surface area contributed by atoms with Crippen LogP contribution in [0.4, 0.5) is 0 Å². The van der Waals surface area contributed by atoms with E-state index in [2.05, 4.69) is 54.0 Å². The van der Waals surface area contributed by atoms with E-state index in [9.17, 15) is 0 Å². The van der Waals surface area contributed by atoms with Crippen molar-refractivity contribution < 1.29 is 4.74 Å². The number of benzene rings is 2. The van der Waals surface area contributed by atoms with Crippen LogP contribution in [0.25, 0.3) is 0 Å². The molecule has 0 bridgehead atoms. The van der Waals surface area contributed by atoms with Crippen molar-refractivity contribution in [1.29, 1.82) is 0 Å². The molecule has 1 unspecified atom stereocenters. The van der Waals surface area contributed by atoms with Crippen LogP contribution in [0, 0.1) is 13.8 Å². The molecule has 3 heteroatoms. The van der Waals surface area contributed by atoms with E-state index in [4.69, 9.17) is 10.5 Å². The molecular formula is C17H20BrNO. The minimum Gasteiger partial charge on any atom is -0.494 e. The Balaban J connectivity index is 2.46. The van der Waals surface area contributed by atoms with Gasteiger partial charge < -0.3 is 10.5 Å². The highest BCUT2D eigenvalue weighted by atomic mass is 79.9. The van der Waals surface area contributed by atoms with Crippen LogP contribution in [-0.4, -0.2) is 6.61 Å². The van der Waals surface area contributed by atoms with Gasteiger partial charge in [0.25, 0.3) is 0 Å². The number of rotatable bonds is 4. The first-order valence-corrected chi connectivity index (χ1v) is 7.57. The molecule has 0 heterocycles. The molecule has 0 aliphatic heterocycles. The van der Waals surface area contributed by atoms with Crippen LogP contribution in [0.2, 0.25) is 0 Å². The van der Waals surface area contributed by atoms with E-state index in [-0.39, 0.29) is 6.04 Å². The van der Waals surface area contributed by atoms with Gasteiger partial charge in [0.1, 0.15) is 5.75 Å². The lowest BCUT2D eigenvalue weighted by Crippen LogP contribution is -2.14. The molecule has 106 valence electrons. The van der Waals surface area contributed by atoms with Gasteiger partial charge >= 0.3 is 0 Å². The Kier molecular flexibility index (Phi) is 4.84. The molecule has 2 aromatic carbocycles. The van der Waals surface area contributed by atoms with E-state index in [1.807, 2.05) is 19.1 Å². The maximum atomic E-state index is 6.46. The van der Waals surface area contributed by atoms with Gasteiger partial charge in [-0.1, -0.05) is 45.8 Å². The summed E-state index contributed by atoms with van der Waals surface area (Å²) in [5.74, 6) is 0.859. The van der Waals surface area contributed by atoms with Gasteiger partial charge in [-0.05, 0) is 44.0 Å². The number of nitrogens with two attached hydrogens (primary N) is 1. The van der Waals surface area contributed by atoms with Gasteiger partial charge in [0, 0.05) is 10.0 Å². The lowest BCUT2D eigenvalue weighted by atomic mass is 9.96. The van der Waals surface area contributed by atoms with Crippen molar-refractivity contribution in [1.82, 2.24) is 0 Å². The fourth-order valence-electron chi connectivity index (χ4n) is 2.25. The lowest BCUT2D eigenvalue weighted by Gasteiger charge is -2.19. The number of hydrogen-bond donors (Lipinski definition) is 1. The second-order valence-electron chi connectivity index (χ2n) is 4.98. The molecule has 1 atom stereocenters. The largest absolute Gasteiger partial charge is 0.494 e. The summed E-state index contributed by atoms with van der Waals surface area (Å²) in [6.07, 6.45) is 0. The molecule has 0 spiro atoms. The molecule has 2 aromatic rings. The maximum Gasteiger partial charge on any atom is 0.124 e. The molecule has 0 aromatic heterocycles. The summed E-state index contributed by atoms with van der Waals surface area (Å²) in [6.45, 7) is 6.75. The van der Waals surface area contributed by atoms with E-state index in [1.54, 1.807) is 0 Å². The molecular weight excluding hydrogens is 314 g/mol. The SMILES string of the molecule is CCOc1ccc(C)cc1C(N)c1ccc(C)cc1Br. The molecule has 2 N–H and O–H groups in total. The predicted octanol–water partition coefficient (Wildman–Crippen LogP) is 4.51. The smallest absolute Gasteiger partial charge is 0.124 e. The molecule has 0 radical (unpaired) electrons. The third-order valence-electron chi connectivity index (χ3n) is 3.29. The summed E-state index contributed by atoms with van der Waals surface area (Å²) in [4.78, 5) is 0. The molecule has 0 aliphatic carbocycles. The third kappa shape index (κ3) is 3.22. The summed E-state index contributed by atoms with van der Waals surface area (Å²) in [7, 11) is 0. The zero-order chi connectivity index (χ0) is 14.7. The number of hydrogen-bond acceptors (Lipinski definition) is 2. The van der Waals surface area contributed by atoms with Crippen molar-refractivity contribution >= 4 is 15.9 Å². The van der Waals surface area contributed by atoms with Crippen LogP contribution in [0.15, 0.2) is 40.9 Å². The van der Waals surface area contributed by atoms with E-state index in [1.165, 1.54) is 11.1 Å². The van der Waals surface area contributed by atoms with Gasteiger partial charge in [0.2, 0.25) is 0 Å². The molecule has 0 fully saturated rings. The first-order valence-electron chi connectivity index (χ1n) is 6.78. The van der Waals surface area contributed by atoms with Crippen molar-refractivity contribution in [3.8, 4) is 5.75 Å². The Morgan fingerprint density at radius 1 is 1.05 bits per heavy atom. The molecule has 0 saturated carbocycles. The lowest BCUT2D eigenvalue weighted by molar-refractivity contribution is 0.335. The van der Waals surface area contributed by atoms with Crippen molar-refractivity contribution in [3.63, 3.8) is 0 Å². The Labute approximate surface area is 129 Å². The first kappa shape index (κ1) is 15.1. The van der Waals surface area contributed by atoms with Crippen molar-refractivity contribution in [3.05, 3.63) is 63.1 Å². The average Bonchev–Trinajstić information content (AvgIpc) is 2.40. The summed E-state index contributed by atoms with van der Waals surface area (Å²) < 4.78 is 6.74. The van der Waals surface area contributed by atoms with Gasteiger partial charge in [0.15, 0.2) is 0 Å². The van der Waals surface area contributed by atoms with Gasteiger partial charge in [-0.3, -0.25) is 0 Å². The summed E-state index contributed by atoms with van der Waals surface area (Å²) in [5, 5.41) is 0. The fourth-order valence-corrected chi connectivity index (χ4v) is 2.99. The molecule has 0 amide bonds. The normalized spacial score (nSPS) is 12.2. The third-order valence-corrected chi connectivity index (χ3v) is 3.98. The number of halogens is 1. The Bertz CT molecular complexity index is 610. The molecule has 20 heavy (non-hydrogen) atoms. The molecule has 2 nitrogen and oxygen atoms in total. The summed E-state index contributed by atoms with van der Waals surface area (Å²) in [6, 6.07) is 12.2. The molecule has 2 rings (SSSR count). The highest BCUT2D eigenvalue weighted by Gasteiger charge is 2.17. The second-order valence-corrected chi connectivity index (χ2v) is 5.83. The Hall–Kier alpha value is -1.32. The minimum atomic E-state index is -0.202. The van der Waals surface area contributed by atoms with Gasteiger partial charge in [0.05, 0.1) is 12.6 Å². The van der Waals surface area contributed by atoms with Crippen molar-refractivity contribution in [2.75, 3.05) is 6.61 Å². The van der Waals surface area contributed by atoms with Crippen molar-refractivity contribution in [2.24, 2.45) is 5.73 Å². The Morgan fingerprint density at radius 3 is 2.35 bits per heavy atom. The Morgan fingerprint density at radius 2 is 1.70 bits per heavy atom. The van der Waals surface area contributed by atoms with Crippen LogP contribution in [-0.2, 0) is 0 Å². The first-order chi connectivity index (χ1) is 9.52. The molecule has 0 aliphatic rings. The van der Waals surface area contributed by atoms with Gasteiger partial charge in [-0.25, -0.2) is 0 Å². The van der Waals surface area contributed by atoms with Crippen LogP contribution in [0.3, 0.4) is 0 Å². The highest BCUT2D eigenvalue weighted by molar-refractivity contribution is 9.10. The summed E-state index contributed by atoms with van der Waals surface area (Å²) >= 11 is 3.61. The number of ether oxygens (including phenoxy) is 1. The van der Waals surface area contributed by atoms with Crippen LogP contribution in [0.1, 0.15) is 35.2 Å². The van der Waals surface area contributed by atoms with E-state index >= 15 is 0 Å². The summed E-state index contributed by atoms with van der Waals surface area (Å²) in [5.41, 5.74) is 10.9. The van der Waals surface area contributed by atoms with E-state index < -0.39 is 0 Å². The predicted molar refractivity (Wildman–Crippen MR) is 87.3 cm³/mol. The topological polar surface area (TPSA) is 35.2 Å². The van der Waals surface area contributed by atoms with Gasteiger partial charge in [-0.2, -0.15) is 0 Å².